The van der Waals surface area contributed by atoms with E-state index < -0.39 is 0 Å². The number of thiazole rings is 1. The molecule has 0 aromatic carbocycles. The Kier molecular flexibility index (Phi) is 2.51. The summed E-state index contributed by atoms with van der Waals surface area (Å²) in [5.74, 6) is 0.716. The molecule has 5 heteroatoms. The molecule has 0 saturated heterocycles. The highest BCUT2D eigenvalue weighted by molar-refractivity contribution is 7.13. The quantitative estimate of drug-likeness (QED) is 0.806. The van der Waals surface area contributed by atoms with Gasteiger partial charge in [-0.3, -0.25) is 4.98 Å². The topological polar surface area (TPSA) is 64.7 Å². The van der Waals surface area contributed by atoms with Gasteiger partial charge in [-0.1, -0.05) is 0 Å². The number of rotatable bonds is 2. The average Bonchev–Trinajstić information content (AvgIpc) is 2.69. The summed E-state index contributed by atoms with van der Waals surface area (Å²) >= 11 is 1.53. The van der Waals surface area contributed by atoms with Crippen LogP contribution in [0.1, 0.15) is 11.4 Å². The van der Waals surface area contributed by atoms with Gasteiger partial charge >= 0.3 is 0 Å². The van der Waals surface area contributed by atoms with Crippen molar-refractivity contribution in [2.24, 2.45) is 5.73 Å². The molecule has 2 aromatic heterocycles. The molecule has 4 nitrogen and oxygen atoms in total. The van der Waals surface area contributed by atoms with E-state index in [9.17, 15) is 0 Å². The van der Waals surface area contributed by atoms with E-state index in [1.807, 2.05) is 13.0 Å². The van der Waals surface area contributed by atoms with E-state index in [0.29, 0.717) is 12.4 Å². The lowest BCUT2D eigenvalue weighted by atomic mass is 10.3. The molecule has 0 unspecified atom stereocenters. The van der Waals surface area contributed by atoms with Crippen LogP contribution in [0.4, 0.5) is 0 Å². The minimum absolute atomic E-state index is 0.440. The van der Waals surface area contributed by atoms with Gasteiger partial charge in [-0.25, -0.2) is 9.97 Å². The molecule has 0 amide bonds. The SMILES string of the molecule is Cc1cc(CN)nc(-c2cncs2)n1. The lowest BCUT2D eigenvalue weighted by Crippen LogP contribution is -2.02. The van der Waals surface area contributed by atoms with Crippen LogP contribution in [0.25, 0.3) is 10.7 Å². The van der Waals surface area contributed by atoms with Crippen molar-refractivity contribution in [2.45, 2.75) is 13.5 Å². The van der Waals surface area contributed by atoms with Gasteiger partial charge in [0.05, 0.1) is 16.1 Å². The summed E-state index contributed by atoms with van der Waals surface area (Å²) in [6, 6.07) is 1.89. The summed E-state index contributed by atoms with van der Waals surface area (Å²) in [5.41, 5.74) is 9.10. The molecule has 2 heterocycles. The zero-order valence-corrected chi connectivity index (χ0v) is 8.58. The van der Waals surface area contributed by atoms with E-state index in [1.54, 1.807) is 11.7 Å². The number of nitrogens with zero attached hydrogens (tertiary/aromatic N) is 3. The highest BCUT2D eigenvalue weighted by Gasteiger charge is 2.05. The van der Waals surface area contributed by atoms with Gasteiger partial charge in [0.25, 0.3) is 0 Å². The van der Waals surface area contributed by atoms with Crippen LogP contribution in [0.2, 0.25) is 0 Å². The van der Waals surface area contributed by atoms with Crippen molar-refractivity contribution in [1.29, 1.82) is 0 Å². The lowest BCUT2D eigenvalue weighted by molar-refractivity contribution is 0.955. The van der Waals surface area contributed by atoms with Gasteiger partial charge in [-0.2, -0.15) is 0 Å². The van der Waals surface area contributed by atoms with Crippen molar-refractivity contribution in [2.75, 3.05) is 0 Å². The monoisotopic (exact) mass is 206 g/mol. The minimum atomic E-state index is 0.440. The first-order chi connectivity index (χ1) is 6.79. The van der Waals surface area contributed by atoms with Crippen LogP contribution < -0.4 is 5.73 Å². The second kappa shape index (κ2) is 3.81. The van der Waals surface area contributed by atoms with E-state index in [1.165, 1.54) is 11.3 Å². The number of hydrogen-bond acceptors (Lipinski definition) is 5. The average molecular weight is 206 g/mol. The molecular weight excluding hydrogens is 196 g/mol. The molecule has 0 radical (unpaired) electrons. The molecule has 0 aliphatic carbocycles. The summed E-state index contributed by atoms with van der Waals surface area (Å²) in [7, 11) is 0. The molecule has 0 atom stereocenters. The van der Waals surface area contributed by atoms with Crippen LogP contribution in [0.3, 0.4) is 0 Å². The van der Waals surface area contributed by atoms with E-state index in [2.05, 4.69) is 15.0 Å². The standard InChI is InChI=1S/C9H10N4S/c1-6-2-7(3-10)13-9(12-6)8-4-11-5-14-8/h2,4-5H,3,10H2,1H3. The van der Waals surface area contributed by atoms with Crippen LogP contribution in [0, 0.1) is 6.92 Å². The molecule has 0 fully saturated rings. The second-order valence-corrected chi connectivity index (χ2v) is 3.78. The zero-order chi connectivity index (χ0) is 9.97. The highest BCUT2D eigenvalue weighted by Crippen LogP contribution is 2.19. The summed E-state index contributed by atoms with van der Waals surface area (Å²) in [6.07, 6.45) is 1.76. The van der Waals surface area contributed by atoms with Crippen molar-refractivity contribution in [1.82, 2.24) is 15.0 Å². The van der Waals surface area contributed by atoms with Crippen molar-refractivity contribution in [3.63, 3.8) is 0 Å². The van der Waals surface area contributed by atoms with Crippen LogP contribution in [-0.4, -0.2) is 15.0 Å². The summed E-state index contributed by atoms with van der Waals surface area (Å²) in [4.78, 5) is 13.6. The zero-order valence-electron chi connectivity index (χ0n) is 7.77. The van der Waals surface area contributed by atoms with Gasteiger partial charge < -0.3 is 5.73 Å². The molecule has 2 rings (SSSR count). The van der Waals surface area contributed by atoms with Crippen LogP contribution in [0.5, 0.6) is 0 Å². The smallest absolute Gasteiger partial charge is 0.171 e. The van der Waals surface area contributed by atoms with Crippen molar-refractivity contribution in [3.05, 3.63) is 29.2 Å². The predicted octanol–water partition coefficient (Wildman–Crippen LogP) is 1.37. The fraction of sp³-hybridized carbons (Fsp3) is 0.222. The molecule has 0 aliphatic rings. The Hall–Kier alpha value is -1.33. The van der Waals surface area contributed by atoms with Crippen LogP contribution >= 0.6 is 11.3 Å². The number of aryl methyl sites for hydroxylation is 1. The number of aromatic nitrogens is 3. The molecule has 2 aromatic rings. The van der Waals surface area contributed by atoms with Gasteiger partial charge in [-0.15, -0.1) is 11.3 Å². The maximum Gasteiger partial charge on any atom is 0.171 e. The van der Waals surface area contributed by atoms with E-state index in [0.717, 1.165) is 16.3 Å². The van der Waals surface area contributed by atoms with Crippen molar-refractivity contribution < 1.29 is 0 Å². The van der Waals surface area contributed by atoms with Gasteiger partial charge in [0, 0.05) is 18.4 Å². The first kappa shape index (κ1) is 9.23. The fourth-order valence-electron chi connectivity index (χ4n) is 1.17. The maximum absolute atomic E-state index is 5.54. The summed E-state index contributed by atoms with van der Waals surface area (Å²) in [5, 5.41) is 0. The van der Waals surface area contributed by atoms with E-state index in [-0.39, 0.29) is 0 Å². The molecule has 0 saturated carbocycles. The predicted molar refractivity (Wildman–Crippen MR) is 55.8 cm³/mol. The lowest BCUT2D eigenvalue weighted by Gasteiger charge is -2.01. The number of nitrogens with two attached hydrogens (primary N) is 1. The Morgan fingerprint density at radius 1 is 1.43 bits per heavy atom. The molecule has 0 spiro atoms. The third-order valence-electron chi connectivity index (χ3n) is 1.77. The summed E-state index contributed by atoms with van der Waals surface area (Å²) in [6.45, 7) is 2.38. The van der Waals surface area contributed by atoms with Gasteiger partial charge in [0.1, 0.15) is 0 Å². The van der Waals surface area contributed by atoms with E-state index in [4.69, 9.17) is 5.73 Å². The maximum atomic E-state index is 5.54. The van der Waals surface area contributed by atoms with Gasteiger partial charge in [-0.05, 0) is 13.0 Å². The Morgan fingerprint density at radius 3 is 2.93 bits per heavy atom. The fourth-order valence-corrected chi connectivity index (χ4v) is 1.73. The molecule has 72 valence electrons. The van der Waals surface area contributed by atoms with E-state index >= 15 is 0 Å². The van der Waals surface area contributed by atoms with Crippen LogP contribution in [0.15, 0.2) is 17.8 Å². The molecular formula is C9H10N4S. The van der Waals surface area contributed by atoms with Gasteiger partial charge in [0.15, 0.2) is 5.82 Å². The third kappa shape index (κ3) is 1.78. The first-order valence-corrected chi connectivity index (χ1v) is 5.11. The van der Waals surface area contributed by atoms with Crippen LogP contribution in [-0.2, 0) is 6.54 Å². The summed E-state index contributed by atoms with van der Waals surface area (Å²) < 4.78 is 0. The van der Waals surface area contributed by atoms with Crippen molar-refractivity contribution in [3.8, 4) is 10.7 Å². The first-order valence-electron chi connectivity index (χ1n) is 4.23. The second-order valence-electron chi connectivity index (χ2n) is 2.89. The Bertz CT molecular complexity index is 424. The number of hydrogen-bond donors (Lipinski definition) is 1. The van der Waals surface area contributed by atoms with Gasteiger partial charge in [0.2, 0.25) is 0 Å². The molecule has 2 N–H and O–H groups in total. The molecule has 0 bridgehead atoms. The highest BCUT2D eigenvalue weighted by atomic mass is 32.1. The van der Waals surface area contributed by atoms with Crippen molar-refractivity contribution >= 4 is 11.3 Å². The normalized spacial score (nSPS) is 10.4. The molecule has 0 aliphatic heterocycles. The Labute approximate surface area is 85.9 Å². The Balaban J connectivity index is 2.48. The Morgan fingerprint density at radius 2 is 2.29 bits per heavy atom. The largest absolute Gasteiger partial charge is 0.325 e. The minimum Gasteiger partial charge on any atom is -0.325 e. The molecule has 14 heavy (non-hydrogen) atoms. The third-order valence-corrected chi connectivity index (χ3v) is 2.54.